The van der Waals surface area contributed by atoms with Crippen LogP contribution in [0.25, 0.3) is 11.1 Å². The number of hydrogen-bond acceptors (Lipinski definition) is 4. The van der Waals surface area contributed by atoms with Crippen molar-refractivity contribution in [2.24, 2.45) is 0 Å². The number of benzene rings is 1. The van der Waals surface area contributed by atoms with Crippen molar-refractivity contribution in [3.63, 3.8) is 0 Å². The molecular formula is C15H15BrN2O2S. The number of H-pyrrole nitrogens is 1. The summed E-state index contributed by atoms with van der Waals surface area (Å²) >= 11 is 5.14. The van der Waals surface area contributed by atoms with Crippen molar-refractivity contribution < 1.29 is 5.11 Å². The number of rotatable bonds is 2. The molecule has 0 aliphatic carbocycles. The number of nitrogens with zero attached hydrogens (tertiary/aromatic N) is 1. The normalized spacial score (nSPS) is 18.6. The van der Waals surface area contributed by atoms with E-state index in [1.54, 1.807) is 23.9 Å². The zero-order chi connectivity index (χ0) is 14.8. The molecule has 1 fully saturated rings. The van der Waals surface area contributed by atoms with E-state index in [1.807, 2.05) is 12.1 Å². The van der Waals surface area contributed by atoms with Crippen molar-refractivity contribution in [2.45, 2.75) is 24.5 Å². The lowest BCUT2D eigenvalue weighted by Gasteiger charge is -2.20. The molecule has 1 aliphatic rings. The SMILES string of the molecule is O=c1[nH]c(C2CCCCS2)nc(O)c1-c1ccc(Br)cc1. The lowest BCUT2D eigenvalue weighted by molar-refractivity contribution is 0.448. The van der Waals surface area contributed by atoms with Gasteiger partial charge in [-0.05, 0) is 36.3 Å². The largest absolute Gasteiger partial charge is 0.493 e. The van der Waals surface area contributed by atoms with E-state index in [4.69, 9.17) is 0 Å². The maximum absolute atomic E-state index is 12.3. The van der Waals surface area contributed by atoms with Gasteiger partial charge in [0.1, 0.15) is 11.4 Å². The Morgan fingerprint density at radius 2 is 2.05 bits per heavy atom. The number of aromatic nitrogens is 2. The number of aromatic hydroxyl groups is 1. The molecule has 1 saturated heterocycles. The van der Waals surface area contributed by atoms with Crippen LogP contribution in [0, 0.1) is 0 Å². The molecule has 4 nitrogen and oxygen atoms in total. The van der Waals surface area contributed by atoms with Crippen LogP contribution in [0.2, 0.25) is 0 Å². The summed E-state index contributed by atoms with van der Waals surface area (Å²) in [7, 11) is 0. The standard InChI is InChI=1S/C15H15BrN2O2S/c16-10-6-4-9(5-7-10)12-14(19)17-13(18-15(12)20)11-3-1-2-8-21-11/h4-7,11H,1-3,8H2,(H2,17,18,19,20). The average Bonchev–Trinajstić information content (AvgIpc) is 2.49. The number of nitrogens with one attached hydrogen (secondary N) is 1. The molecule has 110 valence electrons. The van der Waals surface area contributed by atoms with E-state index in [0.717, 1.165) is 23.1 Å². The molecule has 0 saturated carbocycles. The Hall–Kier alpha value is -1.27. The van der Waals surface area contributed by atoms with Gasteiger partial charge in [-0.1, -0.05) is 34.5 Å². The van der Waals surface area contributed by atoms with Gasteiger partial charge in [0.15, 0.2) is 0 Å². The molecule has 0 bridgehead atoms. The van der Waals surface area contributed by atoms with Crippen molar-refractivity contribution in [2.75, 3.05) is 5.75 Å². The summed E-state index contributed by atoms with van der Waals surface area (Å²) in [5.74, 6) is 1.47. The fourth-order valence-corrected chi connectivity index (χ4v) is 3.99. The Morgan fingerprint density at radius 3 is 2.67 bits per heavy atom. The first-order chi connectivity index (χ1) is 10.1. The van der Waals surface area contributed by atoms with Crippen LogP contribution in [0.3, 0.4) is 0 Å². The second-order valence-corrected chi connectivity index (χ2v) is 7.24. The third-order valence-corrected chi connectivity index (χ3v) is 5.45. The highest BCUT2D eigenvalue weighted by Gasteiger charge is 2.21. The van der Waals surface area contributed by atoms with Crippen molar-refractivity contribution in [3.05, 3.63) is 44.9 Å². The first-order valence-corrected chi connectivity index (χ1v) is 8.70. The predicted octanol–water partition coefficient (Wildman–Crippen LogP) is 3.86. The molecule has 1 aliphatic heterocycles. The van der Waals surface area contributed by atoms with Crippen LogP contribution in [-0.4, -0.2) is 20.8 Å². The van der Waals surface area contributed by atoms with Crippen LogP contribution in [0.4, 0.5) is 0 Å². The van der Waals surface area contributed by atoms with Crippen molar-refractivity contribution in [1.82, 2.24) is 9.97 Å². The van der Waals surface area contributed by atoms with Gasteiger partial charge in [-0.25, -0.2) is 0 Å². The smallest absolute Gasteiger partial charge is 0.262 e. The molecule has 2 heterocycles. The summed E-state index contributed by atoms with van der Waals surface area (Å²) in [4.78, 5) is 19.4. The molecule has 1 aromatic carbocycles. The Morgan fingerprint density at radius 1 is 1.29 bits per heavy atom. The first-order valence-electron chi connectivity index (χ1n) is 6.86. The molecule has 2 aromatic rings. The van der Waals surface area contributed by atoms with Crippen LogP contribution >= 0.6 is 27.7 Å². The van der Waals surface area contributed by atoms with E-state index in [0.29, 0.717) is 11.4 Å². The van der Waals surface area contributed by atoms with E-state index >= 15 is 0 Å². The molecule has 1 unspecified atom stereocenters. The van der Waals surface area contributed by atoms with Gasteiger partial charge in [0.2, 0.25) is 5.88 Å². The fourth-order valence-electron chi connectivity index (χ4n) is 2.46. The molecule has 21 heavy (non-hydrogen) atoms. The number of halogens is 1. The van der Waals surface area contributed by atoms with Crippen LogP contribution in [0.15, 0.2) is 33.5 Å². The lowest BCUT2D eigenvalue weighted by atomic mass is 10.1. The second-order valence-electron chi connectivity index (χ2n) is 5.01. The van der Waals surface area contributed by atoms with Gasteiger partial charge in [0.05, 0.1) is 5.25 Å². The minimum Gasteiger partial charge on any atom is -0.493 e. The molecular weight excluding hydrogens is 352 g/mol. The molecule has 0 spiro atoms. The van der Waals surface area contributed by atoms with Crippen LogP contribution < -0.4 is 5.56 Å². The van der Waals surface area contributed by atoms with Gasteiger partial charge < -0.3 is 10.1 Å². The van der Waals surface area contributed by atoms with Crippen molar-refractivity contribution in [3.8, 4) is 17.0 Å². The summed E-state index contributed by atoms with van der Waals surface area (Å²) < 4.78 is 0.922. The van der Waals surface area contributed by atoms with Crippen LogP contribution in [-0.2, 0) is 0 Å². The maximum atomic E-state index is 12.3. The number of thioether (sulfide) groups is 1. The maximum Gasteiger partial charge on any atom is 0.262 e. The summed E-state index contributed by atoms with van der Waals surface area (Å²) in [6.45, 7) is 0. The minimum atomic E-state index is -0.286. The lowest BCUT2D eigenvalue weighted by Crippen LogP contribution is -2.17. The fraction of sp³-hybridized carbons (Fsp3) is 0.333. The van der Waals surface area contributed by atoms with Crippen LogP contribution in [0.1, 0.15) is 30.3 Å². The zero-order valence-corrected chi connectivity index (χ0v) is 13.7. The van der Waals surface area contributed by atoms with Gasteiger partial charge in [-0.2, -0.15) is 16.7 Å². The Bertz CT molecular complexity index is 694. The molecule has 1 aromatic heterocycles. The van der Waals surface area contributed by atoms with Gasteiger partial charge >= 0.3 is 0 Å². The second kappa shape index (κ2) is 6.23. The average molecular weight is 367 g/mol. The zero-order valence-electron chi connectivity index (χ0n) is 11.3. The van der Waals surface area contributed by atoms with E-state index in [2.05, 4.69) is 25.9 Å². The third-order valence-electron chi connectivity index (χ3n) is 3.54. The summed E-state index contributed by atoms with van der Waals surface area (Å²) in [6, 6.07) is 7.23. The van der Waals surface area contributed by atoms with Gasteiger partial charge in [-0.3, -0.25) is 4.79 Å². The Balaban J connectivity index is 2.00. The monoisotopic (exact) mass is 366 g/mol. The van der Waals surface area contributed by atoms with Crippen molar-refractivity contribution in [1.29, 1.82) is 0 Å². The molecule has 3 rings (SSSR count). The van der Waals surface area contributed by atoms with E-state index in [9.17, 15) is 9.90 Å². The van der Waals surface area contributed by atoms with Crippen LogP contribution in [0.5, 0.6) is 5.88 Å². The van der Waals surface area contributed by atoms with E-state index in [1.165, 1.54) is 6.42 Å². The molecule has 0 radical (unpaired) electrons. The Labute approximate surface area is 135 Å². The molecule has 0 amide bonds. The number of aromatic amines is 1. The van der Waals surface area contributed by atoms with Gasteiger partial charge in [-0.15, -0.1) is 0 Å². The predicted molar refractivity (Wildman–Crippen MR) is 88.7 cm³/mol. The van der Waals surface area contributed by atoms with Gasteiger partial charge in [0.25, 0.3) is 5.56 Å². The summed E-state index contributed by atoms with van der Waals surface area (Å²) in [5, 5.41) is 10.4. The summed E-state index contributed by atoms with van der Waals surface area (Å²) in [5.41, 5.74) is 0.602. The van der Waals surface area contributed by atoms with E-state index < -0.39 is 0 Å². The number of hydrogen-bond donors (Lipinski definition) is 2. The molecule has 1 atom stereocenters. The van der Waals surface area contributed by atoms with Gasteiger partial charge in [0, 0.05) is 4.47 Å². The van der Waals surface area contributed by atoms with E-state index in [-0.39, 0.29) is 22.3 Å². The topological polar surface area (TPSA) is 66.0 Å². The molecule has 2 N–H and O–H groups in total. The minimum absolute atomic E-state index is 0.177. The summed E-state index contributed by atoms with van der Waals surface area (Å²) in [6.07, 6.45) is 3.33. The molecule has 6 heteroatoms. The third kappa shape index (κ3) is 3.16. The Kier molecular flexibility index (Phi) is 4.35. The van der Waals surface area contributed by atoms with Crippen molar-refractivity contribution >= 4 is 27.7 Å². The highest BCUT2D eigenvalue weighted by atomic mass is 79.9. The highest BCUT2D eigenvalue weighted by molar-refractivity contribution is 9.10. The highest BCUT2D eigenvalue weighted by Crippen LogP contribution is 2.37. The first kappa shape index (κ1) is 14.7. The quantitative estimate of drug-likeness (QED) is 0.846.